The van der Waals surface area contributed by atoms with Crippen LogP contribution in [0.1, 0.15) is 12.0 Å². The molecule has 0 bridgehead atoms. The first-order valence-electron chi connectivity index (χ1n) is 7.96. The Hall–Kier alpha value is -1.88. The second-order valence-corrected chi connectivity index (χ2v) is 5.81. The summed E-state index contributed by atoms with van der Waals surface area (Å²) in [6.45, 7) is 4.99. The van der Waals surface area contributed by atoms with Crippen LogP contribution in [0.15, 0.2) is 18.3 Å². The largest absolute Gasteiger partial charge is 0.378 e. The second kappa shape index (κ2) is 8.83. The van der Waals surface area contributed by atoms with Crippen LogP contribution in [0, 0.1) is 11.3 Å². The van der Waals surface area contributed by atoms with Crippen LogP contribution in [0.4, 0.5) is 5.82 Å². The van der Waals surface area contributed by atoms with Gasteiger partial charge in [-0.05, 0) is 12.1 Å². The van der Waals surface area contributed by atoms with E-state index in [0.29, 0.717) is 31.7 Å². The van der Waals surface area contributed by atoms with E-state index in [1.54, 1.807) is 18.3 Å². The molecule has 1 unspecified atom stereocenters. The molecule has 3 rings (SSSR count). The average molecular weight is 352 g/mol. The molecule has 2 saturated heterocycles. The highest BCUT2D eigenvalue weighted by Gasteiger charge is 2.25. The van der Waals surface area contributed by atoms with Crippen LogP contribution in [0.3, 0.4) is 0 Å². The standard InChI is InChI=1S/C16H21N5O2.ClH/c17-11-13-1-2-19-15(9-13)20-4-6-21(7-5-20)16(22)10-14-12-23-8-3-18-14;/h1-2,9,14,18H,3-8,10,12H2;1H. The van der Waals surface area contributed by atoms with Gasteiger partial charge < -0.3 is 19.9 Å². The van der Waals surface area contributed by atoms with E-state index in [4.69, 9.17) is 10.00 Å². The maximum Gasteiger partial charge on any atom is 0.224 e. The third-order valence-electron chi connectivity index (χ3n) is 4.25. The minimum atomic E-state index is 0. The summed E-state index contributed by atoms with van der Waals surface area (Å²) in [6, 6.07) is 5.75. The summed E-state index contributed by atoms with van der Waals surface area (Å²) in [5.74, 6) is 0.977. The summed E-state index contributed by atoms with van der Waals surface area (Å²) < 4.78 is 5.39. The van der Waals surface area contributed by atoms with Crippen molar-refractivity contribution >= 4 is 24.1 Å². The molecule has 1 N–H and O–H groups in total. The van der Waals surface area contributed by atoms with Crippen molar-refractivity contribution in [2.24, 2.45) is 0 Å². The molecule has 1 aromatic rings. The molecule has 2 fully saturated rings. The maximum absolute atomic E-state index is 12.4. The third-order valence-corrected chi connectivity index (χ3v) is 4.25. The van der Waals surface area contributed by atoms with Gasteiger partial charge in [-0.25, -0.2) is 4.98 Å². The molecule has 0 saturated carbocycles. The molecular formula is C16H22ClN5O2. The Morgan fingerprint density at radius 2 is 2.21 bits per heavy atom. The van der Waals surface area contributed by atoms with Crippen LogP contribution in [-0.4, -0.2) is 67.8 Å². The first-order valence-corrected chi connectivity index (χ1v) is 7.96. The third kappa shape index (κ3) is 4.57. The van der Waals surface area contributed by atoms with Crippen molar-refractivity contribution in [1.82, 2.24) is 15.2 Å². The van der Waals surface area contributed by atoms with Crippen LogP contribution < -0.4 is 10.2 Å². The molecule has 1 aromatic heterocycles. The van der Waals surface area contributed by atoms with Gasteiger partial charge in [-0.2, -0.15) is 5.26 Å². The summed E-state index contributed by atoms with van der Waals surface area (Å²) >= 11 is 0. The van der Waals surface area contributed by atoms with E-state index in [2.05, 4.69) is 21.3 Å². The fourth-order valence-electron chi connectivity index (χ4n) is 2.94. The minimum Gasteiger partial charge on any atom is -0.378 e. The molecule has 0 aliphatic carbocycles. The summed E-state index contributed by atoms with van der Waals surface area (Å²) in [4.78, 5) is 20.7. The zero-order chi connectivity index (χ0) is 16.1. The lowest BCUT2D eigenvalue weighted by Gasteiger charge is -2.36. The average Bonchev–Trinajstić information content (AvgIpc) is 2.63. The van der Waals surface area contributed by atoms with E-state index in [1.165, 1.54) is 0 Å². The van der Waals surface area contributed by atoms with E-state index in [9.17, 15) is 4.79 Å². The number of carbonyl (C=O) groups excluding carboxylic acids is 1. The van der Waals surface area contributed by atoms with Crippen LogP contribution in [0.25, 0.3) is 0 Å². The lowest BCUT2D eigenvalue weighted by atomic mass is 10.1. The summed E-state index contributed by atoms with van der Waals surface area (Å²) in [7, 11) is 0. The minimum absolute atomic E-state index is 0. The number of hydrogen-bond acceptors (Lipinski definition) is 6. The van der Waals surface area contributed by atoms with Gasteiger partial charge in [0.25, 0.3) is 0 Å². The van der Waals surface area contributed by atoms with E-state index in [0.717, 1.165) is 32.1 Å². The molecule has 24 heavy (non-hydrogen) atoms. The molecule has 3 heterocycles. The lowest BCUT2D eigenvalue weighted by Crippen LogP contribution is -2.51. The number of nitrogens with one attached hydrogen (secondary N) is 1. The van der Waals surface area contributed by atoms with Gasteiger partial charge in [-0.1, -0.05) is 0 Å². The first-order chi connectivity index (χ1) is 11.3. The van der Waals surface area contributed by atoms with Crippen molar-refractivity contribution < 1.29 is 9.53 Å². The van der Waals surface area contributed by atoms with E-state index in [1.807, 2.05) is 4.90 Å². The number of aromatic nitrogens is 1. The molecule has 0 aromatic carbocycles. The van der Waals surface area contributed by atoms with Gasteiger partial charge in [0.15, 0.2) is 0 Å². The summed E-state index contributed by atoms with van der Waals surface area (Å²) in [6.07, 6.45) is 2.14. The van der Waals surface area contributed by atoms with Gasteiger partial charge in [-0.3, -0.25) is 4.79 Å². The Morgan fingerprint density at radius 1 is 1.42 bits per heavy atom. The number of nitrogens with zero attached hydrogens (tertiary/aromatic N) is 4. The fraction of sp³-hybridized carbons (Fsp3) is 0.562. The smallest absolute Gasteiger partial charge is 0.224 e. The summed E-state index contributed by atoms with van der Waals surface area (Å²) in [5.41, 5.74) is 0.608. The maximum atomic E-state index is 12.4. The van der Waals surface area contributed by atoms with Crippen LogP contribution in [-0.2, 0) is 9.53 Å². The number of morpholine rings is 1. The highest BCUT2D eigenvalue weighted by atomic mass is 35.5. The van der Waals surface area contributed by atoms with Crippen LogP contribution in [0.2, 0.25) is 0 Å². The number of pyridine rings is 1. The quantitative estimate of drug-likeness (QED) is 0.849. The molecule has 130 valence electrons. The molecule has 1 atom stereocenters. The molecule has 2 aliphatic heterocycles. The number of ether oxygens (including phenoxy) is 1. The normalized spacial score (nSPS) is 20.9. The van der Waals surface area contributed by atoms with Gasteiger partial charge in [-0.15, -0.1) is 12.4 Å². The number of piperazine rings is 1. The van der Waals surface area contributed by atoms with Crippen LogP contribution in [0.5, 0.6) is 0 Å². The number of halogens is 1. The van der Waals surface area contributed by atoms with Crippen molar-refractivity contribution in [2.75, 3.05) is 50.8 Å². The predicted octanol–water partition coefficient (Wildman–Crippen LogP) is 0.402. The number of nitriles is 1. The summed E-state index contributed by atoms with van der Waals surface area (Å²) in [5, 5.41) is 12.3. The van der Waals surface area contributed by atoms with Crippen molar-refractivity contribution in [3.8, 4) is 6.07 Å². The van der Waals surface area contributed by atoms with Crippen molar-refractivity contribution in [3.63, 3.8) is 0 Å². The monoisotopic (exact) mass is 351 g/mol. The Kier molecular flexibility index (Phi) is 6.79. The molecule has 0 spiro atoms. The molecule has 8 heteroatoms. The fourth-order valence-corrected chi connectivity index (χ4v) is 2.94. The second-order valence-electron chi connectivity index (χ2n) is 5.81. The number of carbonyl (C=O) groups is 1. The molecule has 2 aliphatic rings. The molecule has 1 amide bonds. The highest BCUT2D eigenvalue weighted by Crippen LogP contribution is 2.15. The zero-order valence-electron chi connectivity index (χ0n) is 13.5. The SMILES string of the molecule is Cl.N#Cc1ccnc(N2CCN(C(=O)CC3COCCN3)CC2)c1. The highest BCUT2D eigenvalue weighted by molar-refractivity contribution is 5.85. The van der Waals surface area contributed by atoms with Gasteiger partial charge in [0.05, 0.1) is 24.8 Å². The van der Waals surface area contributed by atoms with Gasteiger partial charge in [0.2, 0.25) is 5.91 Å². The Balaban J connectivity index is 0.00000208. The molecule has 0 radical (unpaired) electrons. The zero-order valence-corrected chi connectivity index (χ0v) is 14.3. The Bertz CT molecular complexity index is 592. The van der Waals surface area contributed by atoms with Crippen LogP contribution >= 0.6 is 12.4 Å². The topological polar surface area (TPSA) is 81.5 Å². The van der Waals surface area contributed by atoms with Crippen molar-refractivity contribution in [3.05, 3.63) is 23.9 Å². The molecular weight excluding hydrogens is 330 g/mol. The molecule has 7 nitrogen and oxygen atoms in total. The van der Waals surface area contributed by atoms with Gasteiger partial charge in [0, 0.05) is 51.4 Å². The Labute approximate surface area is 148 Å². The number of hydrogen-bond donors (Lipinski definition) is 1. The Morgan fingerprint density at radius 3 is 2.88 bits per heavy atom. The van der Waals surface area contributed by atoms with Gasteiger partial charge >= 0.3 is 0 Å². The van der Waals surface area contributed by atoms with Crippen molar-refractivity contribution in [1.29, 1.82) is 5.26 Å². The first kappa shape index (κ1) is 18.5. The van der Waals surface area contributed by atoms with Crippen molar-refractivity contribution in [2.45, 2.75) is 12.5 Å². The van der Waals surface area contributed by atoms with E-state index in [-0.39, 0.29) is 24.4 Å². The number of rotatable bonds is 3. The lowest BCUT2D eigenvalue weighted by molar-refractivity contribution is -0.132. The van der Waals surface area contributed by atoms with E-state index < -0.39 is 0 Å². The number of anilines is 1. The van der Waals surface area contributed by atoms with Gasteiger partial charge in [0.1, 0.15) is 5.82 Å². The number of amides is 1. The predicted molar refractivity (Wildman–Crippen MR) is 92.2 cm³/mol. The van der Waals surface area contributed by atoms with E-state index >= 15 is 0 Å².